The minimum atomic E-state index is -0.352. The minimum absolute atomic E-state index is 0.154. The highest BCUT2D eigenvalue weighted by Gasteiger charge is 2.25. The number of hydrogen-bond donors (Lipinski definition) is 2. The van der Waals surface area contributed by atoms with Gasteiger partial charge in [-0.05, 0) is 26.0 Å². The van der Waals surface area contributed by atoms with E-state index in [4.69, 9.17) is 33.8 Å². The molecule has 1 atom stereocenters. The molecule has 0 spiro atoms. The zero-order valence-corrected chi connectivity index (χ0v) is 13.6. The van der Waals surface area contributed by atoms with E-state index >= 15 is 0 Å². The number of nitrogens with one attached hydrogen (secondary N) is 1. The van der Waals surface area contributed by atoms with Gasteiger partial charge in [0.1, 0.15) is 5.75 Å². The first kappa shape index (κ1) is 16.1. The van der Waals surface area contributed by atoms with Crippen LogP contribution in [0.5, 0.6) is 5.75 Å². The lowest BCUT2D eigenvalue weighted by Crippen LogP contribution is -2.31. The molecule has 0 aliphatic carbocycles. The van der Waals surface area contributed by atoms with Crippen molar-refractivity contribution in [3.63, 3.8) is 0 Å². The summed E-state index contributed by atoms with van der Waals surface area (Å²) < 4.78 is 7.23. The second kappa shape index (κ2) is 6.66. The van der Waals surface area contributed by atoms with Gasteiger partial charge in [-0.15, -0.1) is 0 Å². The van der Waals surface area contributed by atoms with Crippen LogP contribution >= 0.6 is 23.2 Å². The molecule has 114 valence electrons. The number of methoxy groups -OCH3 is 1. The van der Waals surface area contributed by atoms with Gasteiger partial charge in [0, 0.05) is 16.6 Å². The first-order valence-corrected chi connectivity index (χ1v) is 7.27. The Labute approximate surface area is 134 Å². The van der Waals surface area contributed by atoms with Crippen molar-refractivity contribution in [2.75, 3.05) is 7.11 Å². The maximum absolute atomic E-state index is 6.29. The molecule has 2 aromatic rings. The van der Waals surface area contributed by atoms with E-state index in [9.17, 15) is 0 Å². The first-order valence-electron chi connectivity index (χ1n) is 6.52. The molecule has 1 aromatic heterocycles. The molecule has 21 heavy (non-hydrogen) atoms. The molecule has 0 amide bonds. The van der Waals surface area contributed by atoms with Crippen LogP contribution in [0.4, 0.5) is 0 Å². The van der Waals surface area contributed by atoms with Crippen LogP contribution in [0, 0.1) is 0 Å². The highest BCUT2D eigenvalue weighted by atomic mass is 35.5. The van der Waals surface area contributed by atoms with Crippen molar-refractivity contribution >= 4 is 23.2 Å². The van der Waals surface area contributed by atoms with Gasteiger partial charge in [-0.3, -0.25) is 10.5 Å². The van der Waals surface area contributed by atoms with E-state index in [0.717, 1.165) is 11.3 Å². The Hall–Kier alpha value is -1.27. The fourth-order valence-electron chi connectivity index (χ4n) is 2.27. The molecular formula is C14H18Cl2N4O. The van der Waals surface area contributed by atoms with Crippen molar-refractivity contribution in [3.05, 3.63) is 45.7 Å². The van der Waals surface area contributed by atoms with E-state index in [0.29, 0.717) is 15.8 Å². The van der Waals surface area contributed by atoms with Crippen LogP contribution in [0.3, 0.4) is 0 Å². The number of hydrogen-bond acceptors (Lipinski definition) is 4. The summed E-state index contributed by atoms with van der Waals surface area (Å²) >= 11 is 12.3. The molecule has 3 N–H and O–H groups in total. The van der Waals surface area contributed by atoms with Gasteiger partial charge in [-0.2, -0.15) is 5.10 Å². The minimum Gasteiger partial charge on any atom is -0.496 e. The maximum Gasteiger partial charge on any atom is 0.125 e. The number of aromatic nitrogens is 2. The summed E-state index contributed by atoms with van der Waals surface area (Å²) in [6.07, 6.45) is 1.61. The SMILES string of the molecule is COc1cc(Cl)ccc1C(NN)c1c(Cl)cnn1C(C)C. The van der Waals surface area contributed by atoms with Gasteiger partial charge in [0.25, 0.3) is 0 Å². The Morgan fingerprint density at radius 2 is 2.05 bits per heavy atom. The molecule has 1 aromatic carbocycles. The summed E-state index contributed by atoms with van der Waals surface area (Å²) in [5.41, 5.74) is 4.41. The summed E-state index contributed by atoms with van der Waals surface area (Å²) in [4.78, 5) is 0. The molecule has 0 bridgehead atoms. The average molecular weight is 329 g/mol. The lowest BCUT2D eigenvalue weighted by atomic mass is 10.0. The van der Waals surface area contributed by atoms with Crippen LogP contribution in [0.25, 0.3) is 0 Å². The normalized spacial score (nSPS) is 12.7. The van der Waals surface area contributed by atoms with Crippen molar-refractivity contribution in [2.24, 2.45) is 5.84 Å². The van der Waals surface area contributed by atoms with Crippen LogP contribution in [0.15, 0.2) is 24.4 Å². The van der Waals surface area contributed by atoms with Gasteiger partial charge in [0.05, 0.1) is 30.1 Å². The summed E-state index contributed by atoms with van der Waals surface area (Å²) in [6, 6.07) is 5.19. The average Bonchev–Trinajstić information content (AvgIpc) is 2.83. The van der Waals surface area contributed by atoms with Gasteiger partial charge < -0.3 is 4.74 Å². The third-order valence-electron chi connectivity index (χ3n) is 3.22. The zero-order valence-electron chi connectivity index (χ0n) is 12.1. The molecule has 0 aliphatic rings. The summed E-state index contributed by atoms with van der Waals surface area (Å²) in [6.45, 7) is 4.05. The van der Waals surface area contributed by atoms with Gasteiger partial charge >= 0.3 is 0 Å². The van der Waals surface area contributed by atoms with E-state index in [1.165, 1.54) is 0 Å². The van der Waals surface area contributed by atoms with Gasteiger partial charge in [-0.1, -0.05) is 29.3 Å². The molecule has 1 heterocycles. The summed E-state index contributed by atoms with van der Waals surface area (Å²) in [5, 5.41) is 5.44. The molecule has 0 fully saturated rings. The molecular weight excluding hydrogens is 311 g/mol. The zero-order chi connectivity index (χ0) is 15.6. The Balaban J connectivity index is 2.57. The molecule has 2 rings (SSSR count). The van der Waals surface area contributed by atoms with Crippen molar-refractivity contribution in [2.45, 2.75) is 25.9 Å². The second-order valence-corrected chi connectivity index (χ2v) is 5.75. The number of rotatable bonds is 5. The van der Waals surface area contributed by atoms with E-state index in [2.05, 4.69) is 10.5 Å². The molecule has 5 nitrogen and oxygen atoms in total. The highest BCUT2D eigenvalue weighted by molar-refractivity contribution is 6.31. The molecule has 7 heteroatoms. The van der Waals surface area contributed by atoms with Crippen molar-refractivity contribution in [1.82, 2.24) is 15.2 Å². The van der Waals surface area contributed by atoms with Gasteiger partial charge in [0.15, 0.2) is 0 Å². The largest absolute Gasteiger partial charge is 0.496 e. The van der Waals surface area contributed by atoms with Crippen LogP contribution in [0.1, 0.15) is 37.2 Å². The standard InChI is InChI=1S/C14H18Cl2N4O/c1-8(2)20-14(11(16)7-18-20)13(19-17)10-5-4-9(15)6-12(10)21-3/h4-8,13,19H,17H2,1-3H3. The number of ether oxygens (including phenoxy) is 1. The lowest BCUT2D eigenvalue weighted by molar-refractivity contribution is 0.400. The van der Waals surface area contributed by atoms with Crippen LogP contribution in [-0.2, 0) is 0 Å². The molecule has 0 saturated heterocycles. The van der Waals surface area contributed by atoms with E-state index < -0.39 is 0 Å². The Morgan fingerprint density at radius 1 is 1.33 bits per heavy atom. The predicted molar refractivity (Wildman–Crippen MR) is 84.8 cm³/mol. The predicted octanol–water partition coefficient (Wildman–Crippen LogP) is 3.33. The fourth-order valence-corrected chi connectivity index (χ4v) is 2.67. The lowest BCUT2D eigenvalue weighted by Gasteiger charge is -2.22. The Bertz CT molecular complexity index is 627. The second-order valence-electron chi connectivity index (χ2n) is 4.90. The van der Waals surface area contributed by atoms with E-state index in [-0.39, 0.29) is 12.1 Å². The number of hydrazine groups is 1. The Morgan fingerprint density at radius 3 is 2.62 bits per heavy atom. The smallest absolute Gasteiger partial charge is 0.125 e. The summed E-state index contributed by atoms with van der Waals surface area (Å²) in [5.74, 6) is 6.39. The molecule has 0 radical (unpaired) electrons. The topological polar surface area (TPSA) is 65.1 Å². The van der Waals surface area contributed by atoms with E-state index in [1.54, 1.807) is 25.4 Å². The summed E-state index contributed by atoms with van der Waals surface area (Å²) in [7, 11) is 1.59. The van der Waals surface area contributed by atoms with E-state index in [1.807, 2.05) is 24.6 Å². The van der Waals surface area contributed by atoms with Gasteiger partial charge in [-0.25, -0.2) is 5.43 Å². The number of nitrogens with zero attached hydrogens (tertiary/aromatic N) is 2. The third-order valence-corrected chi connectivity index (χ3v) is 3.75. The number of nitrogens with two attached hydrogens (primary N) is 1. The quantitative estimate of drug-likeness (QED) is 0.652. The van der Waals surface area contributed by atoms with Crippen LogP contribution < -0.4 is 16.0 Å². The van der Waals surface area contributed by atoms with Crippen LogP contribution in [0.2, 0.25) is 10.0 Å². The fraction of sp³-hybridized carbons (Fsp3) is 0.357. The number of halogens is 2. The first-order chi connectivity index (χ1) is 9.99. The molecule has 0 saturated carbocycles. The third kappa shape index (κ3) is 3.16. The highest BCUT2D eigenvalue weighted by Crippen LogP contribution is 2.35. The number of benzene rings is 1. The molecule has 0 aliphatic heterocycles. The van der Waals surface area contributed by atoms with Crippen molar-refractivity contribution in [1.29, 1.82) is 0 Å². The van der Waals surface area contributed by atoms with Crippen molar-refractivity contribution < 1.29 is 4.74 Å². The Kier molecular flexibility index (Phi) is 5.11. The monoisotopic (exact) mass is 328 g/mol. The molecule has 1 unspecified atom stereocenters. The van der Waals surface area contributed by atoms with Crippen LogP contribution in [-0.4, -0.2) is 16.9 Å². The van der Waals surface area contributed by atoms with Gasteiger partial charge in [0.2, 0.25) is 0 Å². The van der Waals surface area contributed by atoms with Crippen molar-refractivity contribution in [3.8, 4) is 5.75 Å². The maximum atomic E-state index is 6.29.